The molecule has 2 fully saturated rings. The molecule has 5 heteroatoms. The van der Waals surface area contributed by atoms with Crippen molar-refractivity contribution in [2.24, 2.45) is 0 Å². The zero-order chi connectivity index (χ0) is 14.9. The molecule has 1 aromatic carbocycles. The van der Waals surface area contributed by atoms with Crippen LogP contribution in [0.2, 0.25) is 0 Å². The molecule has 0 radical (unpaired) electrons. The summed E-state index contributed by atoms with van der Waals surface area (Å²) in [5.41, 5.74) is 2.40. The second-order valence-corrected chi connectivity index (χ2v) is 7.00. The van der Waals surface area contributed by atoms with E-state index in [9.17, 15) is 0 Å². The zero-order valence-electron chi connectivity index (χ0n) is 12.7. The Morgan fingerprint density at radius 1 is 1.19 bits per heavy atom. The van der Waals surface area contributed by atoms with Gasteiger partial charge in [-0.25, -0.2) is 0 Å². The van der Waals surface area contributed by atoms with E-state index in [0.29, 0.717) is 6.04 Å². The summed E-state index contributed by atoms with van der Waals surface area (Å²) in [5.74, 6) is -0.278. The lowest BCUT2D eigenvalue weighted by molar-refractivity contribution is -0.177. The van der Waals surface area contributed by atoms with Gasteiger partial charge in [0.2, 0.25) is 0 Å². The van der Waals surface area contributed by atoms with E-state index in [0.717, 1.165) is 43.4 Å². The molecule has 1 aliphatic carbocycles. The van der Waals surface area contributed by atoms with Crippen molar-refractivity contribution in [3.05, 3.63) is 22.7 Å². The maximum atomic E-state index is 5.80. The SMILES string of the molecule is CN(C)c1ccc(Br)cc1NC1CCC2(CC1)OCCO2. The van der Waals surface area contributed by atoms with Gasteiger partial charge in [0.15, 0.2) is 5.79 Å². The Balaban J connectivity index is 1.66. The lowest BCUT2D eigenvalue weighted by Crippen LogP contribution is -2.39. The maximum Gasteiger partial charge on any atom is 0.168 e. The van der Waals surface area contributed by atoms with Gasteiger partial charge in [-0.15, -0.1) is 0 Å². The Hall–Kier alpha value is -0.780. The van der Waals surface area contributed by atoms with Gasteiger partial charge in [-0.2, -0.15) is 0 Å². The van der Waals surface area contributed by atoms with Crippen molar-refractivity contribution >= 4 is 27.3 Å². The lowest BCUT2D eigenvalue weighted by atomic mass is 9.90. The molecule has 1 saturated heterocycles. The van der Waals surface area contributed by atoms with Gasteiger partial charge in [0, 0.05) is 37.5 Å². The first kappa shape index (κ1) is 15.1. The van der Waals surface area contributed by atoms with Crippen LogP contribution in [0.1, 0.15) is 25.7 Å². The molecular formula is C16H23BrN2O2. The fourth-order valence-corrected chi connectivity index (χ4v) is 3.58. The largest absolute Gasteiger partial charge is 0.381 e. The minimum Gasteiger partial charge on any atom is -0.381 e. The molecule has 0 aromatic heterocycles. The highest BCUT2D eigenvalue weighted by Gasteiger charge is 2.40. The number of ether oxygens (including phenoxy) is 2. The van der Waals surface area contributed by atoms with Crippen LogP contribution in [0.4, 0.5) is 11.4 Å². The average Bonchev–Trinajstić information content (AvgIpc) is 2.90. The zero-order valence-corrected chi connectivity index (χ0v) is 14.3. The third kappa shape index (κ3) is 3.35. The van der Waals surface area contributed by atoms with Crippen molar-refractivity contribution in [1.29, 1.82) is 0 Å². The first-order valence-corrected chi connectivity index (χ1v) is 8.39. The highest BCUT2D eigenvalue weighted by Crippen LogP contribution is 2.38. The van der Waals surface area contributed by atoms with Crippen molar-refractivity contribution < 1.29 is 9.47 Å². The van der Waals surface area contributed by atoms with Crippen LogP contribution in [0, 0.1) is 0 Å². The predicted octanol–water partition coefficient (Wildman–Crippen LogP) is 3.61. The van der Waals surface area contributed by atoms with Crippen LogP contribution >= 0.6 is 15.9 Å². The normalized spacial score (nSPS) is 21.7. The maximum absolute atomic E-state index is 5.80. The summed E-state index contributed by atoms with van der Waals surface area (Å²) in [6, 6.07) is 6.86. The Bertz CT molecular complexity index is 491. The molecule has 1 heterocycles. The number of nitrogens with zero attached hydrogens (tertiary/aromatic N) is 1. The quantitative estimate of drug-likeness (QED) is 0.898. The Kier molecular flexibility index (Phi) is 4.43. The van der Waals surface area contributed by atoms with Crippen LogP contribution in [-0.2, 0) is 9.47 Å². The molecule has 21 heavy (non-hydrogen) atoms. The number of halogens is 1. The van der Waals surface area contributed by atoms with Gasteiger partial charge in [-0.1, -0.05) is 15.9 Å². The fourth-order valence-electron chi connectivity index (χ4n) is 3.22. The Morgan fingerprint density at radius 3 is 2.48 bits per heavy atom. The third-order valence-corrected chi connectivity index (χ3v) is 4.85. The van der Waals surface area contributed by atoms with Crippen LogP contribution in [0.15, 0.2) is 22.7 Å². The molecule has 1 spiro atoms. The van der Waals surface area contributed by atoms with Crippen molar-refractivity contribution in [2.45, 2.75) is 37.5 Å². The van der Waals surface area contributed by atoms with Gasteiger partial charge in [0.05, 0.1) is 24.6 Å². The third-order valence-electron chi connectivity index (χ3n) is 4.36. The summed E-state index contributed by atoms with van der Waals surface area (Å²) in [6.45, 7) is 1.49. The van der Waals surface area contributed by atoms with Gasteiger partial charge in [-0.05, 0) is 31.0 Å². The molecule has 1 aromatic rings. The van der Waals surface area contributed by atoms with Crippen LogP contribution in [0.3, 0.4) is 0 Å². The van der Waals surface area contributed by atoms with Crippen molar-refractivity contribution in [1.82, 2.24) is 0 Å². The Labute approximate surface area is 134 Å². The molecule has 116 valence electrons. The summed E-state index contributed by atoms with van der Waals surface area (Å²) in [7, 11) is 4.15. The molecule has 0 amide bonds. The molecule has 0 atom stereocenters. The standard InChI is InChI=1S/C16H23BrN2O2/c1-19(2)15-4-3-12(17)11-14(15)18-13-5-7-16(8-6-13)20-9-10-21-16/h3-4,11,13,18H,5-10H2,1-2H3. The van der Waals surface area contributed by atoms with Crippen LogP contribution < -0.4 is 10.2 Å². The first-order chi connectivity index (χ1) is 10.1. The van der Waals surface area contributed by atoms with Crippen molar-refractivity contribution in [3.8, 4) is 0 Å². The smallest absolute Gasteiger partial charge is 0.168 e. The summed E-state index contributed by atoms with van der Waals surface area (Å²) in [4.78, 5) is 2.14. The van der Waals surface area contributed by atoms with E-state index < -0.39 is 0 Å². The monoisotopic (exact) mass is 354 g/mol. The lowest BCUT2D eigenvalue weighted by Gasteiger charge is -2.36. The number of hydrogen-bond acceptors (Lipinski definition) is 4. The van der Waals surface area contributed by atoms with Crippen molar-refractivity contribution in [3.63, 3.8) is 0 Å². The predicted molar refractivity (Wildman–Crippen MR) is 89.0 cm³/mol. The second-order valence-electron chi connectivity index (χ2n) is 6.08. The Morgan fingerprint density at radius 2 is 1.86 bits per heavy atom. The summed E-state index contributed by atoms with van der Waals surface area (Å²) >= 11 is 3.56. The molecule has 2 aliphatic rings. The van der Waals surface area contributed by atoms with Gasteiger partial charge in [0.25, 0.3) is 0 Å². The van der Waals surface area contributed by atoms with Gasteiger partial charge in [0.1, 0.15) is 0 Å². The summed E-state index contributed by atoms with van der Waals surface area (Å²) in [5, 5.41) is 3.70. The molecule has 0 bridgehead atoms. The van der Waals surface area contributed by atoms with Crippen LogP contribution in [0.5, 0.6) is 0 Å². The molecule has 3 rings (SSSR count). The fraction of sp³-hybridized carbons (Fsp3) is 0.625. The number of nitrogens with one attached hydrogen (secondary N) is 1. The number of anilines is 2. The topological polar surface area (TPSA) is 33.7 Å². The molecule has 1 saturated carbocycles. The van der Waals surface area contributed by atoms with E-state index in [1.165, 1.54) is 11.4 Å². The molecule has 0 unspecified atom stereocenters. The van der Waals surface area contributed by atoms with Crippen LogP contribution in [-0.4, -0.2) is 39.1 Å². The van der Waals surface area contributed by atoms with Gasteiger partial charge < -0.3 is 19.7 Å². The molecule has 1 aliphatic heterocycles. The van der Waals surface area contributed by atoms with Crippen LogP contribution in [0.25, 0.3) is 0 Å². The highest BCUT2D eigenvalue weighted by molar-refractivity contribution is 9.10. The van der Waals surface area contributed by atoms with E-state index in [1.54, 1.807) is 0 Å². The van der Waals surface area contributed by atoms with E-state index >= 15 is 0 Å². The highest BCUT2D eigenvalue weighted by atomic mass is 79.9. The summed E-state index contributed by atoms with van der Waals surface area (Å²) < 4.78 is 12.7. The number of hydrogen-bond donors (Lipinski definition) is 1. The van der Waals surface area contributed by atoms with Crippen molar-refractivity contribution in [2.75, 3.05) is 37.5 Å². The van der Waals surface area contributed by atoms with E-state index in [2.05, 4.69) is 58.4 Å². The number of benzene rings is 1. The first-order valence-electron chi connectivity index (χ1n) is 7.59. The van der Waals surface area contributed by atoms with Gasteiger partial charge in [-0.3, -0.25) is 0 Å². The average molecular weight is 355 g/mol. The number of rotatable bonds is 3. The van der Waals surface area contributed by atoms with E-state index in [-0.39, 0.29) is 5.79 Å². The minimum atomic E-state index is -0.278. The van der Waals surface area contributed by atoms with Gasteiger partial charge >= 0.3 is 0 Å². The minimum absolute atomic E-state index is 0.278. The van der Waals surface area contributed by atoms with E-state index in [4.69, 9.17) is 9.47 Å². The summed E-state index contributed by atoms with van der Waals surface area (Å²) in [6.07, 6.45) is 4.13. The molecule has 4 nitrogen and oxygen atoms in total. The molecular weight excluding hydrogens is 332 g/mol. The second kappa shape index (κ2) is 6.15. The molecule has 1 N–H and O–H groups in total. The van der Waals surface area contributed by atoms with E-state index in [1.807, 2.05) is 0 Å².